The van der Waals surface area contributed by atoms with Crippen molar-refractivity contribution in [1.82, 2.24) is 5.32 Å². The van der Waals surface area contributed by atoms with E-state index in [1.165, 1.54) is 12.1 Å². The fourth-order valence-corrected chi connectivity index (χ4v) is 1.55. The molecule has 1 saturated heterocycles. The second-order valence-corrected chi connectivity index (χ2v) is 3.64. The van der Waals surface area contributed by atoms with E-state index in [1.807, 2.05) is 0 Å². The molecule has 1 aliphatic heterocycles. The minimum absolute atomic E-state index is 0.0202. The van der Waals surface area contributed by atoms with Gasteiger partial charge in [0.1, 0.15) is 5.82 Å². The summed E-state index contributed by atoms with van der Waals surface area (Å²) in [5.74, 6) is -0.444. The number of hydrogen-bond donors (Lipinski definition) is 2. The molecule has 1 heterocycles. The minimum Gasteiger partial charge on any atom is -0.379 e. The summed E-state index contributed by atoms with van der Waals surface area (Å²) >= 11 is 0. The van der Waals surface area contributed by atoms with Crippen LogP contribution in [0.2, 0.25) is 0 Å². The second kappa shape index (κ2) is 4.94. The lowest BCUT2D eigenvalue weighted by atomic mass is 10.3. The standard InChI is InChI=1S/C11H13FN2O2/c12-9-3-1-2-4-10(9)14-11(15)13-8-5-6-16-7-8/h1-4,8H,5-7H2,(H2,13,14,15). The molecule has 0 spiro atoms. The molecule has 0 aliphatic carbocycles. The Kier molecular flexibility index (Phi) is 3.36. The lowest BCUT2D eigenvalue weighted by Gasteiger charge is -2.12. The summed E-state index contributed by atoms with van der Waals surface area (Å²) in [5.41, 5.74) is 0.180. The zero-order chi connectivity index (χ0) is 11.4. The molecule has 4 nitrogen and oxygen atoms in total. The highest BCUT2D eigenvalue weighted by molar-refractivity contribution is 5.89. The van der Waals surface area contributed by atoms with Gasteiger partial charge in [-0.1, -0.05) is 12.1 Å². The molecule has 5 heteroatoms. The van der Waals surface area contributed by atoms with E-state index in [-0.39, 0.29) is 11.7 Å². The molecular weight excluding hydrogens is 211 g/mol. The normalized spacial score (nSPS) is 19.4. The van der Waals surface area contributed by atoms with Gasteiger partial charge in [0.25, 0.3) is 0 Å². The van der Waals surface area contributed by atoms with E-state index >= 15 is 0 Å². The predicted molar refractivity (Wildman–Crippen MR) is 57.8 cm³/mol. The van der Waals surface area contributed by atoms with Crippen molar-refractivity contribution in [2.45, 2.75) is 12.5 Å². The van der Waals surface area contributed by atoms with Crippen LogP contribution in [-0.2, 0) is 4.74 Å². The first-order valence-corrected chi connectivity index (χ1v) is 5.15. The summed E-state index contributed by atoms with van der Waals surface area (Å²) in [7, 11) is 0. The van der Waals surface area contributed by atoms with Crippen molar-refractivity contribution in [3.63, 3.8) is 0 Å². The van der Waals surface area contributed by atoms with Gasteiger partial charge in [-0.2, -0.15) is 0 Å². The molecule has 1 aliphatic rings. The Morgan fingerprint density at radius 3 is 2.94 bits per heavy atom. The summed E-state index contributed by atoms with van der Waals surface area (Å²) in [6.07, 6.45) is 0.796. The summed E-state index contributed by atoms with van der Waals surface area (Å²) in [4.78, 5) is 11.5. The van der Waals surface area contributed by atoms with Gasteiger partial charge in [0, 0.05) is 6.61 Å². The lowest BCUT2D eigenvalue weighted by molar-refractivity contribution is 0.189. The second-order valence-electron chi connectivity index (χ2n) is 3.64. The van der Waals surface area contributed by atoms with Gasteiger partial charge in [-0.05, 0) is 18.6 Å². The van der Waals surface area contributed by atoms with Crippen LogP contribution in [0.3, 0.4) is 0 Å². The van der Waals surface area contributed by atoms with Crippen LogP contribution in [0.5, 0.6) is 0 Å². The third-order valence-electron chi connectivity index (χ3n) is 2.39. The van der Waals surface area contributed by atoms with Gasteiger partial charge in [-0.3, -0.25) is 0 Å². The van der Waals surface area contributed by atoms with Gasteiger partial charge in [0.2, 0.25) is 0 Å². The van der Waals surface area contributed by atoms with Crippen LogP contribution in [0.15, 0.2) is 24.3 Å². The van der Waals surface area contributed by atoms with Crippen molar-refractivity contribution in [1.29, 1.82) is 0 Å². The Morgan fingerprint density at radius 2 is 2.25 bits per heavy atom. The Morgan fingerprint density at radius 1 is 1.44 bits per heavy atom. The number of rotatable bonds is 2. The third kappa shape index (κ3) is 2.70. The molecule has 0 saturated carbocycles. The highest BCUT2D eigenvalue weighted by atomic mass is 19.1. The van der Waals surface area contributed by atoms with Gasteiger partial charge in [-0.15, -0.1) is 0 Å². The molecule has 1 atom stereocenters. The maximum Gasteiger partial charge on any atom is 0.319 e. The molecule has 0 bridgehead atoms. The van der Waals surface area contributed by atoms with Crippen LogP contribution < -0.4 is 10.6 Å². The molecular formula is C11H13FN2O2. The highest BCUT2D eigenvalue weighted by Gasteiger charge is 2.17. The first kappa shape index (κ1) is 10.9. The first-order valence-electron chi connectivity index (χ1n) is 5.15. The highest BCUT2D eigenvalue weighted by Crippen LogP contribution is 2.12. The Labute approximate surface area is 92.8 Å². The van der Waals surface area contributed by atoms with E-state index in [0.717, 1.165) is 6.42 Å². The fourth-order valence-electron chi connectivity index (χ4n) is 1.55. The molecule has 1 unspecified atom stereocenters. The van der Waals surface area contributed by atoms with E-state index in [4.69, 9.17) is 4.74 Å². The monoisotopic (exact) mass is 224 g/mol. The Hall–Kier alpha value is -1.62. The van der Waals surface area contributed by atoms with Gasteiger partial charge in [0.05, 0.1) is 18.3 Å². The van der Waals surface area contributed by atoms with Gasteiger partial charge >= 0.3 is 6.03 Å². The number of anilines is 1. The third-order valence-corrected chi connectivity index (χ3v) is 2.39. The van der Waals surface area contributed by atoms with Crippen molar-refractivity contribution in [3.8, 4) is 0 Å². The summed E-state index contributed by atoms with van der Waals surface area (Å²) in [6.45, 7) is 1.18. The summed E-state index contributed by atoms with van der Waals surface area (Å²) in [6, 6.07) is 5.67. The molecule has 86 valence electrons. The molecule has 2 N–H and O–H groups in total. The molecule has 2 amide bonds. The van der Waals surface area contributed by atoms with Crippen LogP contribution in [0.1, 0.15) is 6.42 Å². The lowest BCUT2D eigenvalue weighted by Crippen LogP contribution is -2.38. The molecule has 1 aromatic rings. The van der Waals surface area contributed by atoms with E-state index in [9.17, 15) is 9.18 Å². The van der Waals surface area contributed by atoms with Crippen molar-refractivity contribution >= 4 is 11.7 Å². The Balaban J connectivity index is 1.89. The van der Waals surface area contributed by atoms with Crippen LogP contribution >= 0.6 is 0 Å². The zero-order valence-electron chi connectivity index (χ0n) is 8.70. The number of carbonyl (C=O) groups excluding carboxylic acids is 1. The number of hydrogen-bond acceptors (Lipinski definition) is 2. The van der Waals surface area contributed by atoms with Gasteiger partial charge < -0.3 is 15.4 Å². The fraction of sp³-hybridized carbons (Fsp3) is 0.364. The van der Waals surface area contributed by atoms with E-state index in [0.29, 0.717) is 13.2 Å². The maximum absolute atomic E-state index is 13.2. The average molecular weight is 224 g/mol. The van der Waals surface area contributed by atoms with Crippen LogP contribution in [0.4, 0.5) is 14.9 Å². The SMILES string of the molecule is O=C(Nc1ccccc1F)NC1CCOC1. The quantitative estimate of drug-likeness (QED) is 0.803. The minimum atomic E-state index is -0.444. The smallest absolute Gasteiger partial charge is 0.319 e. The van der Waals surface area contributed by atoms with Crippen molar-refractivity contribution < 1.29 is 13.9 Å². The number of ether oxygens (including phenoxy) is 1. The number of urea groups is 1. The van der Waals surface area contributed by atoms with E-state index in [1.54, 1.807) is 12.1 Å². The zero-order valence-corrected chi connectivity index (χ0v) is 8.70. The van der Waals surface area contributed by atoms with Crippen molar-refractivity contribution in [3.05, 3.63) is 30.1 Å². The van der Waals surface area contributed by atoms with Crippen LogP contribution in [0.25, 0.3) is 0 Å². The molecule has 16 heavy (non-hydrogen) atoms. The van der Waals surface area contributed by atoms with E-state index < -0.39 is 11.8 Å². The largest absolute Gasteiger partial charge is 0.379 e. The maximum atomic E-state index is 13.2. The molecule has 1 fully saturated rings. The Bertz CT molecular complexity index is 378. The molecule has 2 rings (SSSR count). The topological polar surface area (TPSA) is 50.4 Å². The number of halogens is 1. The summed E-state index contributed by atoms with van der Waals surface area (Å²) in [5, 5.41) is 5.17. The number of amides is 2. The average Bonchev–Trinajstić information content (AvgIpc) is 2.74. The first-order chi connectivity index (χ1) is 7.75. The number of nitrogens with one attached hydrogen (secondary N) is 2. The van der Waals surface area contributed by atoms with Crippen molar-refractivity contribution in [2.75, 3.05) is 18.5 Å². The van der Waals surface area contributed by atoms with Gasteiger partial charge in [0.15, 0.2) is 0 Å². The van der Waals surface area contributed by atoms with E-state index in [2.05, 4.69) is 10.6 Å². The van der Waals surface area contributed by atoms with Crippen LogP contribution in [-0.4, -0.2) is 25.3 Å². The van der Waals surface area contributed by atoms with Crippen molar-refractivity contribution in [2.24, 2.45) is 0 Å². The van der Waals surface area contributed by atoms with Gasteiger partial charge in [-0.25, -0.2) is 9.18 Å². The summed E-state index contributed by atoms with van der Waals surface area (Å²) < 4.78 is 18.3. The predicted octanol–water partition coefficient (Wildman–Crippen LogP) is 1.74. The molecule has 0 aromatic heterocycles. The number of benzene rings is 1. The molecule has 0 radical (unpaired) electrons. The number of para-hydroxylation sites is 1. The van der Waals surface area contributed by atoms with Crippen LogP contribution in [0, 0.1) is 5.82 Å². The molecule has 1 aromatic carbocycles. The number of carbonyl (C=O) groups is 1.